The lowest BCUT2D eigenvalue weighted by Crippen LogP contribution is -2.52. The molecule has 126 valence electrons. The first-order valence-corrected chi connectivity index (χ1v) is 9.79. The van der Waals surface area contributed by atoms with E-state index in [1.807, 2.05) is 21.6 Å². The van der Waals surface area contributed by atoms with Crippen LogP contribution in [0.4, 0.5) is 0 Å². The van der Waals surface area contributed by atoms with Gasteiger partial charge in [0.1, 0.15) is 6.04 Å². The molecule has 2 aliphatic rings. The summed E-state index contributed by atoms with van der Waals surface area (Å²) >= 11 is 1.97. The van der Waals surface area contributed by atoms with Gasteiger partial charge in [-0.1, -0.05) is 27.2 Å². The summed E-state index contributed by atoms with van der Waals surface area (Å²) < 4.78 is 0. The molecule has 0 aromatic rings. The fourth-order valence-electron chi connectivity index (χ4n) is 3.60. The maximum atomic E-state index is 13.1. The summed E-state index contributed by atoms with van der Waals surface area (Å²) in [7, 11) is 0. The Kier molecular flexibility index (Phi) is 6.60. The predicted octanol–water partition coefficient (Wildman–Crippen LogP) is 2.77. The van der Waals surface area contributed by atoms with E-state index in [4.69, 9.17) is 0 Å². The van der Waals surface area contributed by atoms with E-state index in [1.54, 1.807) is 0 Å². The van der Waals surface area contributed by atoms with Crippen molar-refractivity contribution in [2.45, 2.75) is 64.2 Å². The van der Waals surface area contributed by atoms with Crippen LogP contribution >= 0.6 is 11.8 Å². The number of nitrogens with zero attached hydrogens (tertiary/aromatic N) is 2. The van der Waals surface area contributed by atoms with Crippen LogP contribution in [0.5, 0.6) is 0 Å². The first-order chi connectivity index (χ1) is 10.5. The highest BCUT2D eigenvalue weighted by molar-refractivity contribution is 7.99. The highest BCUT2D eigenvalue weighted by Crippen LogP contribution is 2.25. The van der Waals surface area contributed by atoms with Crippen LogP contribution in [0.15, 0.2) is 0 Å². The van der Waals surface area contributed by atoms with Gasteiger partial charge in [-0.05, 0) is 30.9 Å². The van der Waals surface area contributed by atoms with Crippen LogP contribution in [0.2, 0.25) is 0 Å². The van der Waals surface area contributed by atoms with Crippen molar-refractivity contribution in [3.05, 3.63) is 0 Å². The van der Waals surface area contributed by atoms with E-state index in [2.05, 4.69) is 20.8 Å². The highest BCUT2D eigenvalue weighted by Gasteiger charge is 2.37. The molecule has 0 bridgehead atoms. The van der Waals surface area contributed by atoms with Crippen LogP contribution in [-0.4, -0.2) is 58.3 Å². The molecular formula is C17H30N2O2S. The predicted molar refractivity (Wildman–Crippen MR) is 91.9 cm³/mol. The third kappa shape index (κ3) is 4.18. The van der Waals surface area contributed by atoms with Crippen LogP contribution < -0.4 is 0 Å². The molecule has 0 radical (unpaired) electrons. The number of thioether (sulfide) groups is 1. The van der Waals surface area contributed by atoms with E-state index >= 15 is 0 Å². The largest absolute Gasteiger partial charge is 0.340 e. The zero-order valence-corrected chi connectivity index (χ0v) is 15.0. The number of carbonyl (C=O) groups excluding carboxylic acids is 2. The van der Waals surface area contributed by atoms with E-state index in [-0.39, 0.29) is 23.8 Å². The van der Waals surface area contributed by atoms with Crippen molar-refractivity contribution in [1.82, 2.24) is 9.80 Å². The molecule has 0 aromatic carbocycles. The molecule has 0 unspecified atom stereocenters. The van der Waals surface area contributed by atoms with Crippen LogP contribution in [0.3, 0.4) is 0 Å². The minimum absolute atomic E-state index is 0.154. The summed E-state index contributed by atoms with van der Waals surface area (Å²) in [6.45, 7) is 8.75. The Balaban J connectivity index is 2.09. The van der Waals surface area contributed by atoms with Gasteiger partial charge >= 0.3 is 0 Å². The fourth-order valence-corrected chi connectivity index (χ4v) is 4.69. The van der Waals surface area contributed by atoms with Gasteiger partial charge in [0, 0.05) is 31.3 Å². The summed E-state index contributed by atoms with van der Waals surface area (Å²) in [6, 6.07) is -0.264. The molecule has 2 aliphatic heterocycles. The smallest absolute Gasteiger partial charge is 0.245 e. The van der Waals surface area contributed by atoms with Crippen molar-refractivity contribution in [2.75, 3.05) is 25.4 Å². The zero-order valence-electron chi connectivity index (χ0n) is 14.2. The van der Waals surface area contributed by atoms with Gasteiger partial charge in [-0.2, -0.15) is 11.8 Å². The summed E-state index contributed by atoms with van der Waals surface area (Å²) in [5, 5.41) is 0.554. The molecule has 0 N–H and O–H groups in total. The molecule has 2 fully saturated rings. The van der Waals surface area contributed by atoms with E-state index in [1.165, 1.54) is 12.8 Å². The average Bonchev–Trinajstić information content (AvgIpc) is 2.75. The zero-order chi connectivity index (χ0) is 16.1. The number of amides is 2. The lowest BCUT2D eigenvalue weighted by atomic mass is 10.0. The van der Waals surface area contributed by atoms with Crippen LogP contribution in [-0.2, 0) is 9.59 Å². The number of rotatable bonds is 5. The first-order valence-electron chi connectivity index (χ1n) is 8.74. The second-order valence-corrected chi connectivity index (χ2v) is 8.31. The molecule has 2 heterocycles. The Bertz CT molecular complexity index is 400. The van der Waals surface area contributed by atoms with E-state index in [0.717, 1.165) is 38.2 Å². The standard InChI is InChI=1S/C17H30N2O2S/c1-4-22-14-8-5-6-10-18(12-14)17(21)16(13(2)3)19-11-7-9-15(19)20/h13-14,16H,4-12H2,1-3H3/t14-,16+/m0/s1. The Morgan fingerprint density at radius 3 is 2.64 bits per heavy atom. The summed E-state index contributed by atoms with van der Waals surface area (Å²) in [4.78, 5) is 29.1. The molecule has 0 saturated carbocycles. The molecule has 5 heteroatoms. The molecule has 22 heavy (non-hydrogen) atoms. The Morgan fingerprint density at radius 1 is 1.27 bits per heavy atom. The van der Waals surface area contributed by atoms with E-state index in [9.17, 15) is 9.59 Å². The van der Waals surface area contributed by atoms with Gasteiger partial charge in [-0.25, -0.2) is 0 Å². The van der Waals surface area contributed by atoms with Crippen LogP contribution in [0, 0.1) is 5.92 Å². The molecule has 0 aliphatic carbocycles. The monoisotopic (exact) mass is 326 g/mol. The van der Waals surface area contributed by atoms with Crippen molar-refractivity contribution in [3.63, 3.8) is 0 Å². The summed E-state index contributed by atoms with van der Waals surface area (Å²) in [5.74, 6) is 1.61. The van der Waals surface area contributed by atoms with Gasteiger partial charge in [0.25, 0.3) is 0 Å². The Hall–Kier alpha value is -0.710. The number of carbonyl (C=O) groups is 2. The van der Waals surface area contributed by atoms with Crippen LogP contribution in [0.1, 0.15) is 52.9 Å². The molecule has 2 atom stereocenters. The summed E-state index contributed by atoms with van der Waals surface area (Å²) in [6.07, 6.45) is 4.99. The maximum absolute atomic E-state index is 13.1. The molecule has 0 aromatic heterocycles. The third-order valence-corrected chi connectivity index (χ3v) is 5.86. The fraction of sp³-hybridized carbons (Fsp3) is 0.882. The highest BCUT2D eigenvalue weighted by atomic mass is 32.2. The maximum Gasteiger partial charge on any atom is 0.245 e. The topological polar surface area (TPSA) is 40.6 Å². The normalized spacial score (nSPS) is 24.7. The Morgan fingerprint density at radius 2 is 2.05 bits per heavy atom. The summed E-state index contributed by atoms with van der Waals surface area (Å²) in [5.41, 5.74) is 0. The van der Waals surface area contributed by atoms with E-state index < -0.39 is 0 Å². The van der Waals surface area contributed by atoms with Gasteiger partial charge in [-0.15, -0.1) is 0 Å². The van der Waals surface area contributed by atoms with Crippen LogP contribution in [0.25, 0.3) is 0 Å². The Labute approximate surface area is 139 Å². The second kappa shape index (κ2) is 8.23. The minimum atomic E-state index is -0.264. The molecule has 2 saturated heterocycles. The minimum Gasteiger partial charge on any atom is -0.340 e. The quantitative estimate of drug-likeness (QED) is 0.780. The number of likely N-dealkylation sites (tertiary alicyclic amines) is 2. The van der Waals surface area contributed by atoms with Gasteiger partial charge in [0.2, 0.25) is 11.8 Å². The van der Waals surface area contributed by atoms with Gasteiger partial charge in [-0.3, -0.25) is 9.59 Å². The molecule has 0 spiro atoms. The van der Waals surface area contributed by atoms with Crippen molar-refractivity contribution in [3.8, 4) is 0 Å². The molecular weight excluding hydrogens is 296 g/mol. The van der Waals surface area contributed by atoms with Gasteiger partial charge < -0.3 is 9.80 Å². The SMILES string of the molecule is CCS[C@H]1CCCCN(C(=O)[C@@H](C(C)C)N2CCCC2=O)C1. The molecule has 4 nitrogen and oxygen atoms in total. The average molecular weight is 327 g/mol. The van der Waals surface area contributed by atoms with Gasteiger partial charge in [0.15, 0.2) is 0 Å². The second-order valence-electron chi connectivity index (χ2n) is 6.74. The van der Waals surface area contributed by atoms with Crippen molar-refractivity contribution >= 4 is 23.6 Å². The number of hydrogen-bond donors (Lipinski definition) is 0. The molecule has 2 rings (SSSR count). The van der Waals surface area contributed by atoms with Gasteiger partial charge in [0.05, 0.1) is 0 Å². The lowest BCUT2D eigenvalue weighted by molar-refractivity contribution is -0.145. The third-order valence-electron chi connectivity index (χ3n) is 4.67. The van der Waals surface area contributed by atoms with E-state index in [0.29, 0.717) is 11.7 Å². The van der Waals surface area contributed by atoms with Crippen molar-refractivity contribution < 1.29 is 9.59 Å². The van der Waals surface area contributed by atoms with Crippen molar-refractivity contribution in [1.29, 1.82) is 0 Å². The first kappa shape index (κ1) is 17.6. The van der Waals surface area contributed by atoms with Crippen molar-refractivity contribution in [2.24, 2.45) is 5.92 Å². The molecule has 2 amide bonds. The number of hydrogen-bond acceptors (Lipinski definition) is 3. The lowest BCUT2D eigenvalue weighted by Gasteiger charge is -2.35.